The van der Waals surface area contributed by atoms with Crippen molar-refractivity contribution >= 4 is 11.2 Å². The van der Waals surface area contributed by atoms with Crippen LogP contribution in [0.15, 0.2) is 48.7 Å². The van der Waals surface area contributed by atoms with Gasteiger partial charge >= 0.3 is 0 Å². The number of rotatable bonds is 2. The van der Waals surface area contributed by atoms with Crippen LogP contribution in [0.1, 0.15) is 26.6 Å². The van der Waals surface area contributed by atoms with E-state index in [2.05, 4.69) is 42.5 Å². The molecule has 0 aliphatic rings. The van der Waals surface area contributed by atoms with Crippen LogP contribution >= 0.6 is 0 Å². The minimum atomic E-state index is 0.188. The van der Waals surface area contributed by atoms with Gasteiger partial charge in [-0.1, -0.05) is 39.0 Å². The van der Waals surface area contributed by atoms with Crippen molar-refractivity contribution in [3.63, 3.8) is 0 Å². The topological polar surface area (TPSA) is 30.7 Å². The largest absolute Gasteiger partial charge is 0.281 e. The maximum atomic E-state index is 4.77. The molecule has 2 heterocycles. The summed E-state index contributed by atoms with van der Waals surface area (Å²) in [6.45, 7) is 6.69. The van der Waals surface area contributed by atoms with Gasteiger partial charge in [-0.15, -0.1) is 0 Å². The van der Waals surface area contributed by atoms with Crippen LogP contribution in [0.3, 0.4) is 0 Å². The van der Waals surface area contributed by atoms with Gasteiger partial charge < -0.3 is 0 Å². The monoisotopic (exact) mass is 265 g/mol. The SMILES string of the molecule is CC(C)(C)Cc1nc2cccnc2n1-c1ccccc1. The molecule has 0 N–H and O–H groups in total. The molecule has 0 spiro atoms. The second-order valence-electron chi connectivity index (χ2n) is 6.28. The van der Waals surface area contributed by atoms with Crippen molar-refractivity contribution in [3.8, 4) is 5.69 Å². The van der Waals surface area contributed by atoms with E-state index in [1.165, 1.54) is 0 Å². The first kappa shape index (κ1) is 12.9. The van der Waals surface area contributed by atoms with E-state index in [0.29, 0.717) is 0 Å². The number of fused-ring (bicyclic) bond motifs is 1. The second-order valence-corrected chi connectivity index (χ2v) is 6.28. The van der Waals surface area contributed by atoms with Gasteiger partial charge in [0.2, 0.25) is 0 Å². The minimum Gasteiger partial charge on any atom is -0.281 e. The van der Waals surface area contributed by atoms with E-state index in [1.54, 1.807) is 0 Å². The third-order valence-corrected chi connectivity index (χ3v) is 3.19. The summed E-state index contributed by atoms with van der Waals surface area (Å²) < 4.78 is 2.17. The molecule has 3 aromatic rings. The lowest BCUT2D eigenvalue weighted by atomic mass is 9.92. The Bertz CT molecular complexity index is 721. The Morgan fingerprint density at radius 3 is 2.45 bits per heavy atom. The van der Waals surface area contributed by atoms with Crippen LogP contribution in [0.2, 0.25) is 0 Å². The van der Waals surface area contributed by atoms with Crippen LogP contribution < -0.4 is 0 Å². The Labute approximate surface area is 119 Å². The maximum absolute atomic E-state index is 4.77. The van der Waals surface area contributed by atoms with Crippen LogP contribution in [-0.2, 0) is 6.42 Å². The summed E-state index contributed by atoms with van der Waals surface area (Å²) in [5.74, 6) is 1.07. The van der Waals surface area contributed by atoms with E-state index in [-0.39, 0.29) is 5.41 Å². The van der Waals surface area contributed by atoms with Gasteiger partial charge in [0.1, 0.15) is 11.3 Å². The summed E-state index contributed by atoms with van der Waals surface area (Å²) in [7, 11) is 0. The Kier molecular flexibility index (Phi) is 3.05. The predicted octanol–water partition coefficient (Wildman–Crippen LogP) is 4.01. The molecule has 0 saturated heterocycles. The smallest absolute Gasteiger partial charge is 0.164 e. The third kappa shape index (κ3) is 2.44. The molecule has 0 atom stereocenters. The molecule has 0 amide bonds. The van der Waals surface area contributed by atoms with Crippen molar-refractivity contribution in [2.75, 3.05) is 0 Å². The molecule has 0 aliphatic carbocycles. The fourth-order valence-corrected chi connectivity index (χ4v) is 2.40. The van der Waals surface area contributed by atoms with Gasteiger partial charge in [0, 0.05) is 18.3 Å². The Balaban J connectivity index is 2.24. The number of nitrogens with zero attached hydrogens (tertiary/aromatic N) is 3. The first-order valence-electron chi connectivity index (χ1n) is 6.92. The lowest BCUT2D eigenvalue weighted by Crippen LogP contribution is -2.13. The van der Waals surface area contributed by atoms with Crippen molar-refractivity contribution < 1.29 is 0 Å². The zero-order valence-electron chi connectivity index (χ0n) is 12.2. The van der Waals surface area contributed by atoms with E-state index in [4.69, 9.17) is 4.98 Å². The van der Waals surface area contributed by atoms with Crippen LogP contribution in [0, 0.1) is 5.41 Å². The standard InChI is InChI=1S/C17H19N3/c1-17(2,3)12-15-19-14-10-7-11-18-16(14)20(15)13-8-5-4-6-9-13/h4-11H,12H2,1-3H3. The van der Waals surface area contributed by atoms with Crippen LogP contribution in [-0.4, -0.2) is 14.5 Å². The van der Waals surface area contributed by atoms with Crippen LogP contribution in [0.5, 0.6) is 0 Å². The molecule has 0 saturated carbocycles. The fourth-order valence-electron chi connectivity index (χ4n) is 2.40. The number of para-hydroxylation sites is 1. The highest BCUT2D eigenvalue weighted by molar-refractivity contribution is 5.73. The first-order chi connectivity index (χ1) is 9.54. The molecule has 2 aromatic heterocycles. The maximum Gasteiger partial charge on any atom is 0.164 e. The Morgan fingerprint density at radius 2 is 1.75 bits per heavy atom. The molecule has 3 nitrogen and oxygen atoms in total. The second kappa shape index (κ2) is 4.75. The van der Waals surface area contributed by atoms with E-state index in [9.17, 15) is 0 Å². The zero-order chi connectivity index (χ0) is 14.2. The molecule has 20 heavy (non-hydrogen) atoms. The van der Waals surface area contributed by atoms with Crippen molar-refractivity contribution in [1.29, 1.82) is 0 Å². The Hall–Kier alpha value is -2.16. The van der Waals surface area contributed by atoms with Gasteiger partial charge in [0.05, 0.1) is 0 Å². The van der Waals surface area contributed by atoms with Crippen molar-refractivity contribution in [1.82, 2.24) is 14.5 Å². The van der Waals surface area contributed by atoms with Crippen LogP contribution in [0.4, 0.5) is 0 Å². The molecular weight excluding hydrogens is 246 g/mol. The third-order valence-electron chi connectivity index (χ3n) is 3.19. The number of imidazole rings is 1. The lowest BCUT2D eigenvalue weighted by Gasteiger charge is -2.18. The van der Waals surface area contributed by atoms with Gasteiger partial charge in [0.25, 0.3) is 0 Å². The van der Waals surface area contributed by atoms with E-state index >= 15 is 0 Å². The highest BCUT2D eigenvalue weighted by atomic mass is 15.1. The summed E-state index contributed by atoms with van der Waals surface area (Å²) in [6.07, 6.45) is 2.74. The van der Waals surface area contributed by atoms with E-state index in [0.717, 1.165) is 29.1 Å². The average Bonchev–Trinajstić information content (AvgIpc) is 2.75. The summed E-state index contributed by atoms with van der Waals surface area (Å²) in [5.41, 5.74) is 3.19. The van der Waals surface area contributed by atoms with E-state index < -0.39 is 0 Å². The normalized spacial score (nSPS) is 11.9. The van der Waals surface area contributed by atoms with Crippen molar-refractivity contribution in [3.05, 3.63) is 54.5 Å². The summed E-state index contributed by atoms with van der Waals surface area (Å²) in [4.78, 5) is 9.28. The lowest BCUT2D eigenvalue weighted by molar-refractivity contribution is 0.399. The van der Waals surface area contributed by atoms with Gasteiger partial charge in [-0.3, -0.25) is 4.57 Å². The number of hydrogen-bond donors (Lipinski definition) is 0. The number of aromatic nitrogens is 3. The molecule has 0 aliphatic heterocycles. The van der Waals surface area contributed by atoms with Crippen molar-refractivity contribution in [2.45, 2.75) is 27.2 Å². The van der Waals surface area contributed by atoms with Gasteiger partial charge in [0.15, 0.2) is 5.65 Å². The summed E-state index contributed by atoms with van der Waals surface area (Å²) in [5, 5.41) is 0. The predicted molar refractivity (Wildman–Crippen MR) is 82.0 cm³/mol. The molecule has 1 aromatic carbocycles. The number of benzene rings is 1. The first-order valence-corrected chi connectivity index (χ1v) is 6.92. The minimum absolute atomic E-state index is 0.188. The number of hydrogen-bond acceptors (Lipinski definition) is 2. The fraction of sp³-hybridized carbons (Fsp3) is 0.294. The molecular formula is C17H19N3. The van der Waals surface area contributed by atoms with Gasteiger partial charge in [-0.2, -0.15) is 0 Å². The van der Waals surface area contributed by atoms with E-state index in [1.807, 2.05) is 36.5 Å². The highest BCUT2D eigenvalue weighted by Gasteiger charge is 2.19. The molecule has 0 unspecified atom stereocenters. The van der Waals surface area contributed by atoms with Crippen LogP contribution in [0.25, 0.3) is 16.9 Å². The molecule has 0 fully saturated rings. The molecule has 3 rings (SSSR count). The van der Waals surface area contributed by atoms with Gasteiger partial charge in [-0.05, 0) is 29.7 Å². The molecule has 0 bridgehead atoms. The van der Waals surface area contributed by atoms with Crippen molar-refractivity contribution in [2.24, 2.45) is 5.41 Å². The summed E-state index contributed by atoms with van der Waals surface area (Å²) >= 11 is 0. The Morgan fingerprint density at radius 1 is 1.00 bits per heavy atom. The highest BCUT2D eigenvalue weighted by Crippen LogP contribution is 2.25. The quantitative estimate of drug-likeness (QED) is 0.701. The van der Waals surface area contributed by atoms with Gasteiger partial charge in [-0.25, -0.2) is 9.97 Å². The molecule has 0 radical (unpaired) electrons. The number of pyridine rings is 1. The average molecular weight is 265 g/mol. The summed E-state index contributed by atoms with van der Waals surface area (Å²) in [6, 6.07) is 14.3. The molecule has 102 valence electrons. The zero-order valence-corrected chi connectivity index (χ0v) is 12.2. The molecule has 3 heteroatoms.